The SMILES string of the molecule is O=C(CCCNC(=O)c1ccsc1)Oc1ccccc1F. The summed E-state index contributed by atoms with van der Waals surface area (Å²) in [6.45, 7) is 0.362. The van der Waals surface area contributed by atoms with Crippen molar-refractivity contribution in [2.45, 2.75) is 12.8 Å². The highest BCUT2D eigenvalue weighted by molar-refractivity contribution is 7.08. The fourth-order valence-corrected chi connectivity index (χ4v) is 2.27. The van der Waals surface area contributed by atoms with Crippen LogP contribution in [-0.4, -0.2) is 18.4 Å². The van der Waals surface area contributed by atoms with Gasteiger partial charge in [-0.2, -0.15) is 11.3 Å². The lowest BCUT2D eigenvalue weighted by molar-refractivity contribution is -0.134. The van der Waals surface area contributed by atoms with Crippen molar-refractivity contribution in [1.82, 2.24) is 5.32 Å². The zero-order valence-electron chi connectivity index (χ0n) is 11.2. The van der Waals surface area contributed by atoms with E-state index in [1.54, 1.807) is 17.5 Å². The summed E-state index contributed by atoms with van der Waals surface area (Å²) in [5.74, 6) is -1.34. The first-order valence-corrected chi connectivity index (χ1v) is 7.36. The highest BCUT2D eigenvalue weighted by atomic mass is 32.1. The molecule has 0 radical (unpaired) electrons. The molecule has 4 nitrogen and oxygen atoms in total. The lowest BCUT2D eigenvalue weighted by Crippen LogP contribution is -2.24. The van der Waals surface area contributed by atoms with E-state index in [0.29, 0.717) is 18.5 Å². The van der Waals surface area contributed by atoms with Crippen molar-refractivity contribution in [1.29, 1.82) is 0 Å². The number of halogens is 1. The first-order valence-electron chi connectivity index (χ1n) is 6.42. The highest BCUT2D eigenvalue weighted by Gasteiger charge is 2.09. The van der Waals surface area contributed by atoms with E-state index in [9.17, 15) is 14.0 Å². The molecule has 2 aromatic rings. The van der Waals surface area contributed by atoms with Crippen molar-refractivity contribution in [3.63, 3.8) is 0 Å². The minimum absolute atomic E-state index is 0.0789. The van der Waals surface area contributed by atoms with Crippen LogP contribution in [0.5, 0.6) is 5.75 Å². The van der Waals surface area contributed by atoms with E-state index in [-0.39, 0.29) is 18.1 Å². The zero-order valence-corrected chi connectivity index (χ0v) is 12.0. The summed E-state index contributed by atoms with van der Waals surface area (Å²) in [6, 6.07) is 7.46. The largest absolute Gasteiger partial charge is 0.423 e. The summed E-state index contributed by atoms with van der Waals surface area (Å²) in [6.07, 6.45) is 0.543. The van der Waals surface area contributed by atoms with E-state index < -0.39 is 11.8 Å². The van der Waals surface area contributed by atoms with Gasteiger partial charge in [0.05, 0.1) is 0 Å². The Morgan fingerprint density at radius 3 is 2.76 bits per heavy atom. The number of hydrogen-bond acceptors (Lipinski definition) is 4. The fourth-order valence-electron chi connectivity index (χ4n) is 1.63. The lowest BCUT2D eigenvalue weighted by Gasteiger charge is -2.06. The van der Waals surface area contributed by atoms with Crippen molar-refractivity contribution < 1.29 is 18.7 Å². The third-order valence-electron chi connectivity index (χ3n) is 2.69. The molecule has 1 aromatic heterocycles. The third-order valence-corrected chi connectivity index (χ3v) is 3.37. The first kappa shape index (κ1) is 15.2. The van der Waals surface area contributed by atoms with Gasteiger partial charge in [-0.3, -0.25) is 9.59 Å². The lowest BCUT2D eigenvalue weighted by atomic mass is 10.3. The van der Waals surface area contributed by atoms with Gasteiger partial charge in [0.2, 0.25) is 0 Å². The van der Waals surface area contributed by atoms with Gasteiger partial charge in [-0.25, -0.2) is 4.39 Å². The standard InChI is InChI=1S/C15H14FNO3S/c16-12-4-1-2-5-13(12)20-14(18)6-3-8-17-15(19)11-7-9-21-10-11/h1-2,4-5,7,9-10H,3,6,8H2,(H,17,19). The molecule has 0 spiro atoms. The van der Waals surface area contributed by atoms with E-state index in [1.165, 1.54) is 29.5 Å². The third kappa shape index (κ3) is 4.68. The molecule has 0 aliphatic heterocycles. The van der Waals surface area contributed by atoms with Crippen LogP contribution in [0.3, 0.4) is 0 Å². The molecular formula is C15H14FNO3S. The molecule has 0 bridgehead atoms. The van der Waals surface area contributed by atoms with Crippen LogP contribution in [0.1, 0.15) is 23.2 Å². The Hall–Kier alpha value is -2.21. The Kier molecular flexibility index (Phi) is 5.45. The topological polar surface area (TPSA) is 55.4 Å². The van der Waals surface area contributed by atoms with Gasteiger partial charge in [-0.15, -0.1) is 0 Å². The molecule has 0 fully saturated rings. The van der Waals surface area contributed by atoms with Crippen LogP contribution in [0.15, 0.2) is 41.1 Å². The maximum atomic E-state index is 13.3. The number of thiophene rings is 1. The second-order valence-corrected chi connectivity index (χ2v) is 5.06. The van der Waals surface area contributed by atoms with Crippen LogP contribution in [0, 0.1) is 5.82 Å². The van der Waals surface area contributed by atoms with Gasteiger partial charge in [0.25, 0.3) is 5.91 Å². The van der Waals surface area contributed by atoms with Crippen molar-refractivity contribution >= 4 is 23.2 Å². The summed E-state index contributed by atoms with van der Waals surface area (Å²) >= 11 is 1.44. The van der Waals surface area contributed by atoms with Gasteiger partial charge in [0.1, 0.15) is 0 Å². The maximum absolute atomic E-state index is 13.3. The number of ether oxygens (including phenoxy) is 1. The number of carbonyl (C=O) groups is 2. The van der Waals surface area contributed by atoms with Crippen LogP contribution >= 0.6 is 11.3 Å². The molecule has 2 rings (SSSR count). The summed E-state index contributed by atoms with van der Waals surface area (Å²) < 4.78 is 18.2. The van der Waals surface area contributed by atoms with Gasteiger partial charge >= 0.3 is 5.97 Å². The molecule has 0 saturated heterocycles. The highest BCUT2D eigenvalue weighted by Crippen LogP contribution is 2.16. The quantitative estimate of drug-likeness (QED) is 0.507. The predicted octanol–water partition coefficient (Wildman–Crippen LogP) is 3.00. The van der Waals surface area contributed by atoms with Gasteiger partial charge in [0, 0.05) is 23.9 Å². The minimum atomic E-state index is -0.573. The molecule has 0 unspecified atom stereocenters. The Balaban J connectivity index is 1.68. The van der Waals surface area contributed by atoms with Crippen molar-refractivity contribution in [2.75, 3.05) is 6.54 Å². The van der Waals surface area contributed by atoms with E-state index in [1.807, 2.05) is 5.38 Å². The first-order chi connectivity index (χ1) is 10.2. The number of para-hydroxylation sites is 1. The normalized spacial score (nSPS) is 10.1. The molecule has 1 amide bonds. The average molecular weight is 307 g/mol. The Morgan fingerprint density at radius 2 is 2.05 bits per heavy atom. The van der Waals surface area contributed by atoms with Crippen molar-refractivity contribution in [3.05, 3.63) is 52.5 Å². The molecule has 110 valence electrons. The molecule has 6 heteroatoms. The number of benzene rings is 1. The van der Waals surface area contributed by atoms with Crippen LogP contribution in [0.25, 0.3) is 0 Å². The van der Waals surface area contributed by atoms with E-state index in [4.69, 9.17) is 4.74 Å². The van der Waals surface area contributed by atoms with E-state index in [2.05, 4.69) is 5.32 Å². The molecule has 0 aliphatic carbocycles. The van der Waals surface area contributed by atoms with Crippen LogP contribution in [0.2, 0.25) is 0 Å². The Morgan fingerprint density at radius 1 is 1.24 bits per heavy atom. The molecule has 1 aromatic carbocycles. The summed E-state index contributed by atoms with van der Waals surface area (Å²) in [5.41, 5.74) is 0.605. The summed E-state index contributed by atoms with van der Waals surface area (Å²) in [4.78, 5) is 23.2. The number of carbonyl (C=O) groups excluding carboxylic acids is 2. The molecule has 0 saturated carbocycles. The van der Waals surface area contributed by atoms with Crippen LogP contribution in [-0.2, 0) is 4.79 Å². The van der Waals surface area contributed by atoms with Crippen LogP contribution in [0.4, 0.5) is 4.39 Å². The molecule has 0 aliphatic rings. The molecule has 1 N–H and O–H groups in total. The van der Waals surface area contributed by atoms with Gasteiger partial charge in [0.15, 0.2) is 11.6 Å². The fraction of sp³-hybridized carbons (Fsp3) is 0.200. The van der Waals surface area contributed by atoms with Crippen molar-refractivity contribution in [2.24, 2.45) is 0 Å². The number of rotatable bonds is 6. The number of amides is 1. The second kappa shape index (κ2) is 7.54. The average Bonchev–Trinajstić information content (AvgIpc) is 3.00. The van der Waals surface area contributed by atoms with Crippen LogP contribution < -0.4 is 10.1 Å². The van der Waals surface area contributed by atoms with Gasteiger partial charge in [-0.05, 0) is 30.0 Å². The molecular weight excluding hydrogens is 293 g/mol. The van der Waals surface area contributed by atoms with Crippen molar-refractivity contribution in [3.8, 4) is 5.75 Å². The Labute approximate surface area is 125 Å². The number of hydrogen-bond donors (Lipinski definition) is 1. The monoisotopic (exact) mass is 307 g/mol. The van der Waals surface area contributed by atoms with E-state index >= 15 is 0 Å². The number of esters is 1. The molecule has 0 atom stereocenters. The molecule has 21 heavy (non-hydrogen) atoms. The zero-order chi connectivity index (χ0) is 15.1. The Bertz CT molecular complexity index is 613. The predicted molar refractivity (Wildman–Crippen MR) is 77.9 cm³/mol. The molecule has 1 heterocycles. The summed E-state index contributed by atoms with van der Waals surface area (Å²) in [7, 11) is 0. The summed E-state index contributed by atoms with van der Waals surface area (Å²) in [5, 5.41) is 6.27. The minimum Gasteiger partial charge on any atom is -0.423 e. The number of nitrogens with one attached hydrogen (secondary N) is 1. The second-order valence-electron chi connectivity index (χ2n) is 4.28. The van der Waals surface area contributed by atoms with E-state index in [0.717, 1.165) is 0 Å². The van der Waals surface area contributed by atoms with Gasteiger partial charge < -0.3 is 10.1 Å². The smallest absolute Gasteiger partial charge is 0.311 e. The maximum Gasteiger partial charge on any atom is 0.311 e. The van der Waals surface area contributed by atoms with Gasteiger partial charge in [-0.1, -0.05) is 12.1 Å².